The summed E-state index contributed by atoms with van der Waals surface area (Å²) in [6.45, 7) is 9.74. The number of pyridine rings is 1. The van der Waals surface area contributed by atoms with Gasteiger partial charge >= 0.3 is 0 Å². The van der Waals surface area contributed by atoms with Crippen molar-refractivity contribution in [2.24, 2.45) is 0 Å². The number of aromatic amines is 1. The molecule has 1 aliphatic heterocycles. The van der Waals surface area contributed by atoms with Gasteiger partial charge in [0.25, 0.3) is 0 Å². The second kappa shape index (κ2) is 14.7. The van der Waals surface area contributed by atoms with Gasteiger partial charge in [-0.15, -0.1) is 0 Å². The van der Waals surface area contributed by atoms with E-state index in [4.69, 9.17) is 9.84 Å². The molecule has 1 aliphatic rings. The van der Waals surface area contributed by atoms with Crippen molar-refractivity contribution in [1.82, 2.24) is 14.9 Å². The van der Waals surface area contributed by atoms with Crippen molar-refractivity contribution in [2.45, 2.75) is 58.1 Å². The van der Waals surface area contributed by atoms with Crippen LogP contribution in [0.15, 0.2) is 30.5 Å². The Morgan fingerprint density at radius 2 is 1.95 bits per heavy atom. The van der Waals surface area contributed by atoms with E-state index in [2.05, 4.69) is 43.4 Å². The van der Waals surface area contributed by atoms with E-state index < -0.39 is 11.5 Å². The third kappa shape index (κ3) is 8.34. The van der Waals surface area contributed by atoms with E-state index in [-0.39, 0.29) is 18.5 Å². The molecule has 4 rings (SSSR count). The summed E-state index contributed by atoms with van der Waals surface area (Å²) in [6, 6.07) is 9.06. The minimum absolute atomic E-state index is 0.180. The Labute approximate surface area is 241 Å². The van der Waals surface area contributed by atoms with Crippen LogP contribution in [0.4, 0.5) is 15.8 Å². The molecule has 0 radical (unpaired) electrons. The van der Waals surface area contributed by atoms with Crippen molar-refractivity contribution in [3.05, 3.63) is 47.7 Å². The summed E-state index contributed by atoms with van der Waals surface area (Å²) in [5.74, 6) is 6.41. The first-order chi connectivity index (χ1) is 19.7. The molecular formula is C31H41FN6O3. The monoisotopic (exact) mass is 564 g/mol. The van der Waals surface area contributed by atoms with Crippen LogP contribution >= 0.6 is 0 Å². The van der Waals surface area contributed by atoms with E-state index in [0.717, 1.165) is 37.0 Å². The summed E-state index contributed by atoms with van der Waals surface area (Å²) in [5, 5.41) is 35.7. The summed E-state index contributed by atoms with van der Waals surface area (Å²) in [7, 11) is 1.57. The van der Waals surface area contributed by atoms with Crippen molar-refractivity contribution in [3.63, 3.8) is 0 Å². The zero-order valence-electron chi connectivity index (χ0n) is 24.5. The fourth-order valence-corrected chi connectivity index (χ4v) is 4.64. The minimum Gasteiger partial charge on any atom is -0.494 e. The van der Waals surface area contributed by atoms with Crippen LogP contribution in [0.5, 0.6) is 5.75 Å². The first-order valence-corrected chi connectivity index (χ1v) is 14.0. The number of nitrogens with zero attached hydrogens (tertiary/aromatic N) is 3. The Hall–Kier alpha value is -3.83. The Morgan fingerprint density at radius 1 is 1.22 bits per heavy atom. The predicted molar refractivity (Wildman–Crippen MR) is 161 cm³/mol. The molecule has 0 spiro atoms. The fraction of sp³-hybridized carbons (Fsp3) is 0.484. The number of H-pyrrole nitrogens is 1. The molecule has 0 bridgehead atoms. The lowest BCUT2D eigenvalue weighted by Crippen LogP contribution is -2.43. The normalized spacial score (nSPS) is 14.7. The maximum atomic E-state index is 14.4. The number of β-amino-alcohol motifs (C(OH)–C–C–N with tert-alkyl or cyclic N) is 1. The van der Waals surface area contributed by atoms with Gasteiger partial charge in [-0.2, -0.15) is 5.26 Å². The number of rotatable bonds is 9. The van der Waals surface area contributed by atoms with Crippen LogP contribution in [0.3, 0.4) is 0 Å². The highest BCUT2D eigenvalue weighted by atomic mass is 19.1. The van der Waals surface area contributed by atoms with Crippen LogP contribution in [0.1, 0.15) is 51.9 Å². The smallest absolute Gasteiger partial charge is 0.145 e. The molecule has 41 heavy (non-hydrogen) atoms. The van der Waals surface area contributed by atoms with Gasteiger partial charge in [-0.1, -0.05) is 19.8 Å². The number of ether oxygens (including phenoxy) is 1. The van der Waals surface area contributed by atoms with Gasteiger partial charge in [0.2, 0.25) is 0 Å². The average molecular weight is 565 g/mol. The molecule has 1 aromatic carbocycles. The summed E-state index contributed by atoms with van der Waals surface area (Å²) in [6.07, 6.45) is 2.61. The Kier molecular flexibility index (Phi) is 11.4. The van der Waals surface area contributed by atoms with E-state index in [1.807, 2.05) is 19.9 Å². The minimum atomic E-state index is -0.729. The topological polar surface area (TPSA) is 129 Å². The highest BCUT2D eigenvalue weighted by Crippen LogP contribution is 2.30. The van der Waals surface area contributed by atoms with Crippen molar-refractivity contribution in [3.8, 4) is 23.7 Å². The number of aliphatic hydroxyl groups excluding tert-OH is 2. The Morgan fingerprint density at radius 3 is 2.61 bits per heavy atom. The summed E-state index contributed by atoms with van der Waals surface area (Å²) in [5.41, 5.74) is 2.63. The molecule has 0 aliphatic carbocycles. The number of halogens is 1. The molecule has 0 amide bonds. The van der Waals surface area contributed by atoms with Gasteiger partial charge in [0.15, 0.2) is 0 Å². The standard InChI is InChI=1S/C29H35FN6O3.C2H6/c1-29(2,18-31)28-14-27(39-3)26(15-33-28)32-8-4-5-21-13-23-24(11-19(30)12-25(23)35-21)34-20-6-9-36(10-7-20)16-22(38)17-37;1-2/h11-15,20,22,32,34-35,37-38H,6-10,16-17H2,1-3H3;1-2H3. The van der Waals surface area contributed by atoms with Crippen LogP contribution in [0.2, 0.25) is 0 Å². The number of likely N-dealkylation sites (tertiary alicyclic amines) is 1. The molecule has 1 unspecified atom stereocenters. The maximum absolute atomic E-state index is 14.4. The van der Waals surface area contributed by atoms with E-state index in [1.165, 1.54) is 12.1 Å². The SMILES string of the molecule is CC.COc1cc(C(C)(C)C#N)ncc1NCC#Cc1cc2c(NC3CCN(CC(O)CO)CC3)cc(F)cc2[nH]1. The molecule has 3 aromatic rings. The number of methoxy groups -OCH3 is 1. The molecule has 5 N–H and O–H groups in total. The van der Waals surface area contributed by atoms with E-state index >= 15 is 0 Å². The fourth-order valence-electron chi connectivity index (χ4n) is 4.64. The Balaban J connectivity index is 0.00000226. The highest BCUT2D eigenvalue weighted by molar-refractivity contribution is 5.93. The van der Waals surface area contributed by atoms with Crippen molar-refractivity contribution >= 4 is 22.3 Å². The number of anilines is 2. The molecule has 1 atom stereocenters. The first-order valence-electron chi connectivity index (χ1n) is 14.0. The highest BCUT2D eigenvalue weighted by Gasteiger charge is 2.23. The van der Waals surface area contributed by atoms with E-state index in [1.54, 1.807) is 33.2 Å². The summed E-state index contributed by atoms with van der Waals surface area (Å²) < 4.78 is 19.9. The number of hydrogen-bond acceptors (Lipinski definition) is 8. The zero-order chi connectivity index (χ0) is 30.0. The molecular weight excluding hydrogens is 523 g/mol. The number of nitrogens with one attached hydrogen (secondary N) is 3. The Bertz CT molecular complexity index is 1400. The number of benzene rings is 1. The van der Waals surface area contributed by atoms with Gasteiger partial charge in [0.1, 0.15) is 11.6 Å². The molecule has 1 fully saturated rings. The van der Waals surface area contributed by atoms with Crippen molar-refractivity contribution < 1.29 is 19.3 Å². The van der Waals surface area contributed by atoms with Crippen molar-refractivity contribution in [2.75, 3.05) is 50.5 Å². The number of fused-ring (bicyclic) bond motifs is 1. The second-order valence-corrected chi connectivity index (χ2v) is 10.3. The average Bonchev–Trinajstić information content (AvgIpc) is 3.40. The maximum Gasteiger partial charge on any atom is 0.145 e. The predicted octanol–water partition coefficient (Wildman–Crippen LogP) is 4.23. The molecule has 3 heterocycles. The van der Waals surface area contributed by atoms with Gasteiger partial charge in [0.05, 0.1) is 66.6 Å². The number of nitriles is 1. The molecule has 0 saturated carbocycles. The number of hydrogen-bond donors (Lipinski definition) is 5. The van der Waals surface area contributed by atoms with Gasteiger partial charge in [-0.05, 0) is 50.8 Å². The van der Waals surface area contributed by atoms with Crippen LogP contribution in [0.25, 0.3) is 10.9 Å². The number of aromatic nitrogens is 2. The number of aliphatic hydroxyl groups is 2. The van der Waals surface area contributed by atoms with E-state index in [9.17, 15) is 14.8 Å². The van der Waals surface area contributed by atoms with Crippen molar-refractivity contribution in [1.29, 1.82) is 5.26 Å². The molecule has 9 nitrogen and oxygen atoms in total. The van der Waals surface area contributed by atoms with Crippen LogP contribution in [-0.4, -0.2) is 77.1 Å². The zero-order valence-corrected chi connectivity index (χ0v) is 24.5. The van der Waals surface area contributed by atoms with Gasteiger partial charge in [-0.25, -0.2) is 4.39 Å². The van der Waals surface area contributed by atoms with Crippen LogP contribution in [-0.2, 0) is 5.41 Å². The van der Waals surface area contributed by atoms with E-state index in [0.29, 0.717) is 41.4 Å². The second-order valence-electron chi connectivity index (χ2n) is 10.3. The lowest BCUT2D eigenvalue weighted by molar-refractivity contribution is 0.0522. The molecule has 1 saturated heterocycles. The quantitative estimate of drug-likeness (QED) is 0.244. The molecule has 2 aromatic heterocycles. The third-order valence-corrected chi connectivity index (χ3v) is 6.93. The van der Waals surface area contributed by atoms with Gasteiger partial charge in [0, 0.05) is 42.8 Å². The van der Waals surface area contributed by atoms with Gasteiger partial charge in [-0.3, -0.25) is 4.98 Å². The third-order valence-electron chi connectivity index (χ3n) is 6.93. The number of piperidine rings is 1. The van der Waals surface area contributed by atoms with Crippen LogP contribution < -0.4 is 15.4 Å². The van der Waals surface area contributed by atoms with Crippen LogP contribution in [0, 0.1) is 29.0 Å². The largest absolute Gasteiger partial charge is 0.494 e. The van der Waals surface area contributed by atoms with Gasteiger partial charge < -0.3 is 35.5 Å². The lowest BCUT2D eigenvalue weighted by Gasteiger charge is -2.33. The molecule has 220 valence electrons. The molecule has 10 heteroatoms. The summed E-state index contributed by atoms with van der Waals surface area (Å²) >= 11 is 0. The summed E-state index contributed by atoms with van der Waals surface area (Å²) in [4.78, 5) is 9.72. The first kappa shape index (κ1) is 31.7. The lowest BCUT2D eigenvalue weighted by atomic mass is 9.90.